The van der Waals surface area contributed by atoms with Crippen LogP contribution in [0.5, 0.6) is 5.75 Å². The summed E-state index contributed by atoms with van der Waals surface area (Å²) >= 11 is 0. The number of esters is 1. The molecule has 0 amide bonds. The number of rotatable bonds is 1. The summed E-state index contributed by atoms with van der Waals surface area (Å²) in [6.07, 6.45) is 0. The minimum atomic E-state index is -0.862. The highest BCUT2D eigenvalue weighted by atomic mass is 16.5. The van der Waals surface area contributed by atoms with Crippen LogP contribution in [0.2, 0.25) is 0 Å². The first-order valence-corrected chi connectivity index (χ1v) is 5.98. The highest BCUT2D eigenvalue weighted by Gasteiger charge is 2.19. The Morgan fingerprint density at radius 1 is 1.20 bits per heavy atom. The van der Waals surface area contributed by atoms with Crippen LogP contribution in [0.15, 0.2) is 41.2 Å². The number of H-pyrrole nitrogens is 1. The average molecular weight is 269 g/mol. The van der Waals surface area contributed by atoms with Crippen molar-refractivity contribution in [2.75, 3.05) is 7.11 Å². The minimum Gasteiger partial charge on any atom is -0.506 e. The molecule has 5 heteroatoms. The van der Waals surface area contributed by atoms with Crippen molar-refractivity contribution in [3.63, 3.8) is 0 Å². The summed E-state index contributed by atoms with van der Waals surface area (Å²) in [5, 5.41) is 12.4. The number of fused-ring (bicyclic) bond motifs is 2. The Labute approximate surface area is 113 Å². The first-order chi connectivity index (χ1) is 9.61. The molecule has 0 unspecified atom stereocenters. The molecular formula is C15H11NO4. The van der Waals surface area contributed by atoms with Gasteiger partial charge in [-0.2, -0.15) is 0 Å². The van der Waals surface area contributed by atoms with E-state index >= 15 is 0 Å². The number of aromatic amines is 1. The molecule has 0 aliphatic heterocycles. The maximum Gasteiger partial charge on any atom is 0.347 e. The number of methoxy groups -OCH3 is 1. The average Bonchev–Trinajstić information content (AvgIpc) is 2.45. The Bertz CT molecular complexity index is 895. The fourth-order valence-corrected chi connectivity index (χ4v) is 2.26. The van der Waals surface area contributed by atoms with E-state index < -0.39 is 11.5 Å². The molecule has 1 aromatic heterocycles. The van der Waals surface area contributed by atoms with Crippen molar-refractivity contribution in [3.8, 4) is 5.75 Å². The Balaban J connectivity index is 2.45. The van der Waals surface area contributed by atoms with Gasteiger partial charge in [-0.1, -0.05) is 24.3 Å². The van der Waals surface area contributed by atoms with Crippen molar-refractivity contribution >= 4 is 27.6 Å². The Morgan fingerprint density at radius 2 is 1.85 bits per heavy atom. The molecule has 3 rings (SSSR count). The van der Waals surface area contributed by atoms with Gasteiger partial charge in [-0.25, -0.2) is 4.79 Å². The molecule has 1 heterocycles. The van der Waals surface area contributed by atoms with Gasteiger partial charge in [0.2, 0.25) is 0 Å². The van der Waals surface area contributed by atoms with Crippen LogP contribution in [0, 0.1) is 0 Å². The van der Waals surface area contributed by atoms with Gasteiger partial charge >= 0.3 is 5.97 Å². The number of hydrogen-bond donors (Lipinski definition) is 2. The summed E-state index contributed by atoms with van der Waals surface area (Å²) in [5.74, 6) is -1.22. The number of ether oxygens (including phenoxy) is 1. The zero-order chi connectivity index (χ0) is 14.3. The summed E-state index contributed by atoms with van der Waals surface area (Å²) in [5.41, 5.74) is -0.578. The molecule has 0 saturated heterocycles. The van der Waals surface area contributed by atoms with Gasteiger partial charge in [0, 0.05) is 5.39 Å². The van der Waals surface area contributed by atoms with Crippen LogP contribution in [0.3, 0.4) is 0 Å². The number of nitrogens with one attached hydrogen (secondary N) is 1. The van der Waals surface area contributed by atoms with Crippen molar-refractivity contribution in [1.82, 2.24) is 4.98 Å². The molecule has 0 bridgehead atoms. The van der Waals surface area contributed by atoms with Crippen LogP contribution >= 0.6 is 0 Å². The predicted octanol–water partition coefficient (Wildman–Crippen LogP) is 2.17. The molecule has 0 aliphatic rings. The van der Waals surface area contributed by atoms with Gasteiger partial charge in [-0.05, 0) is 22.9 Å². The molecule has 5 nitrogen and oxygen atoms in total. The number of aromatic hydroxyl groups is 1. The number of carbonyl (C=O) groups is 1. The van der Waals surface area contributed by atoms with Crippen LogP contribution in [0.4, 0.5) is 0 Å². The van der Waals surface area contributed by atoms with E-state index in [1.54, 1.807) is 12.1 Å². The zero-order valence-electron chi connectivity index (χ0n) is 10.6. The standard InChI is InChI=1S/C15H11NO4/c1-20-15(19)12-13(17)10-6-8-4-2-3-5-9(8)7-11(10)16-14(12)18/h2-7H,1H3,(H2,16,17,18). The quantitative estimate of drug-likeness (QED) is 0.524. The normalized spacial score (nSPS) is 10.8. The van der Waals surface area contributed by atoms with E-state index in [1.807, 2.05) is 24.3 Å². The number of pyridine rings is 1. The molecular weight excluding hydrogens is 258 g/mol. The van der Waals surface area contributed by atoms with Crippen molar-refractivity contribution < 1.29 is 14.6 Å². The summed E-state index contributed by atoms with van der Waals surface area (Å²) < 4.78 is 4.52. The van der Waals surface area contributed by atoms with Gasteiger partial charge in [0.15, 0.2) is 5.56 Å². The van der Waals surface area contributed by atoms with Crippen LogP contribution in [-0.2, 0) is 4.74 Å². The topological polar surface area (TPSA) is 79.4 Å². The second kappa shape index (κ2) is 4.38. The van der Waals surface area contributed by atoms with E-state index in [2.05, 4.69) is 9.72 Å². The van der Waals surface area contributed by atoms with Crippen LogP contribution in [-0.4, -0.2) is 23.2 Å². The molecule has 3 aromatic rings. The molecule has 0 fully saturated rings. The Kier molecular flexibility index (Phi) is 2.68. The first kappa shape index (κ1) is 12.2. The molecule has 0 radical (unpaired) electrons. The number of carbonyl (C=O) groups excluding carboxylic acids is 1. The van der Waals surface area contributed by atoms with Gasteiger partial charge in [0.1, 0.15) is 5.75 Å². The van der Waals surface area contributed by atoms with E-state index in [-0.39, 0.29) is 11.3 Å². The molecule has 0 spiro atoms. The lowest BCUT2D eigenvalue weighted by atomic mass is 10.0. The van der Waals surface area contributed by atoms with Crippen molar-refractivity contribution in [3.05, 3.63) is 52.3 Å². The third kappa shape index (κ3) is 1.72. The van der Waals surface area contributed by atoms with Gasteiger partial charge in [-0.15, -0.1) is 0 Å². The molecule has 2 N–H and O–H groups in total. The predicted molar refractivity (Wildman–Crippen MR) is 75.1 cm³/mol. The number of aromatic nitrogens is 1. The molecule has 0 saturated carbocycles. The highest BCUT2D eigenvalue weighted by molar-refractivity contribution is 6.04. The third-order valence-electron chi connectivity index (χ3n) is 3.24. The summed E-state index contributed by atoms with van der Waals surface area (Å²) in [6.45, 7) is 0. The van der Waals surface area contributed by atoms with E-state index in [0.717, 1.165) is 17.9 Å². The van der Waals surface area contributed by atoms with E-state index in [0.29, 0.717) is 10.9 Å². The lowest BCUT2D eigenvalue weighted by Gasteiger charge is -2.07. The fraction of sp³-hybridized carbons (Fsp3) is 0.0667. The van der Waals surface area contributed by atoms with E-state index in [9.17, 15) is 14.7 Å². The van der Waals surface area contributed by atoms with Crippen LogP contribution in [0.25, 0.3) is 21.7 Å². The molecule has 0 atom stereocenters. The first-order valence-electron chi connectivity index (χ1n) is 5.98. The minimum absolute atomic E-state index is 0.360. The smallest absolute Gasteiger partial charge is 0.347 e. The zero-order valence-corrected chi connectivity index (χ0v) is 10.6. The summed E-state index contributed by atoms with van der Waals surface area (Å²) in [7, 11) is 1.16. The Hall–Kier alpha value is -2.82. The maximum atomic E-state index is 11.9. The largest absolute Gasteiger partial charge is 0.506 e. The van der Waals surface area contributed by atoms with E-state index in [1.165, 1.54) is 0 Å². The fourth-order valence-electron chi connectivity index (χ4n) is 2.26. The van der Waals surface area contributed by atoms with Crippen LogP contribution in [0.1, 0.15) is 10.4 Å². The van der Waals surface area contributed by atoms with Gasteiger partial charge in [0.25, 0.3) is 5.56 Å². The van der Waals surface area contributed by atoms with E-state index in [4.69, 9.17) is 0 Å². The Morgan fingerprint density at radius 3 is 2.50 bits per heavy atom. The van der Waals surface area contributed by atoms with Gasteiger partial charge in [-0.3, -0.25) is 4.79 Å². The second-order valence-electron chi connectivity index (χ2n) is 4.41. The lowest BCUT2D eigenvalue weighted by Crippen LogP contribution is -2.19. The number of hydrogen-bond acceptors (Lipinski definition) is 4. The SMILES string of the molecule is COC(=O)c1c(O)c2cc3ccccc3cc2[nH]c1=O. The number of benzene rings is 2. The monoisotopic (exact) mass is 269 g/mol. The maximum absolute atomic E-state index is 11.9. The lowest BCUT2D eigenvalue weighted by molar-refractivity contribution is 0.0595. The highest BCUT2D eigenvalue weighted by Crippen LogP contribution is 2.29. The summed E-state index contributed by atoms with van der Waals surface area (Å²) in [6, 6.07) is 11.0. The van der Waals surface area contributed by atoms with Crippen molar-refractivity contribution in [1.29, 1.82) is 0 Å². The van der Waals surface area contributed by atoms with Gasteiger partial charge in [0.05, 0.1) is 12.6 Å². The van der Waals surface area contributed by atoms with Gasteiger partial charge < -0.3 is 14.8 Å². The third-order valence-corrected chi connectivity index (χ3v) is 3.24. The van der Waals surface area contributed by atoms with Crippen LogP contribution < -0.4 is 5.56 Å². The second-order valence-corrected chi connectivity index (χ2v) is 4.41. The molecule has 0 aliphatic carbocycles. The molecule has 2 aromatic carbocycles. The van der Waals surface area contributed by atoms with Crippen molar-refractivity contribution in [2.45, 2.75) is 0 Å². The summed E-state index contributed by atoms with van der Waals surface area (Å²) in [4.78, 5) is 26.0. The molecule has 100 valence electrons. The van der Waals surface area contributed by atoms with Crippen molar-refractivity contribution in [2.24, 2.45) is 0 Å². The molecule has 20 heavy (non-hydrogen) atoms.